The Hall–Kier alpha value is -0.360. The van der Waals surface area contributed by atoms with Crippen LogP contribution in [0.4, 0.5) is 0 Å². The van der Waals surface area contributed by atoms with E-state index in [1.54, 1.807) is 0 Å². The molecule has 2 aliphatic heterocycles. The molecular formula is C16H29ClN2O3. The lowest BCUT2D eigenvalue weighted by atomic mass is 9.91. The number of hydrogen-bond donors (Lipinski definition) is 1. The molecule has 6 heteroatoms. The van der Waals surface area contributed by atoms with E-state index in [0.717, 1.165) is 64.5 Å². The number of nitrogens with two attached hydrogens (primary N) is 1. The van der Waals surface area contributed by atoms with E-state index in [9.17, 15) is 4.79 Å². The smallest absolute Gasteiger partial charge is 0.239 e. The van der Waals surface area contributed by atoms with Gasteiger partial charge in [0.05, 0.1) is 12.1 Å². The molecular weight excluding hydrogens is 304 g/mol. The zero-order valence-corrected chi connectivity index (χ0v) is 14.1. The number of amides is 1. The Kier molecular flexibility index (Phi) is 6.93. The molecule has 1 aliphatic carbocycles. The quantitative estimate of drug-likeness (QED) is 0.830. The van der Waals surface area contributed by atoms with Gasteiger partial charge in [-0.1, -0.05) is 0 Å². The highest BCUT2D eigenvalue weighted by atomic mass is 35.5. The maximum Gasteiger partial charge on any atom is 0.239 e. The maximum absolute atomic E-state index is 12.5. The van der Waals surface area contributed by atoms with Crippen molar-refractivity contribution in [1.82, 2.24) is 4.90 Å². The summed E-state index contributed by atoms with van der Waals surface area (Å²) in [6, 6.07) is -0.349. The maximum atomic E-state index is 12.5. The minimum Gasteiger partial charge on any atom is -0.381 e. The zero-order chi connectivity index (χ0) is 14.7. The number of likely N-dealkylation sites (tertiary alicyclic amines) is 1. The molecule has 22 heavy (non-hydrogen) atoms. The van der Waals surface area contributed by atoms with Crippen molar-refractivity contribution in [3.63, 3.8) is 0 Å². The lowest BCUT2D eigenvalue weighted by molar-refractivity contribution is -0.137. The van der Waals surface area contributed by atoms with Crippen LogP contribution in [0.3, 0.4) is 0 Å². The van der Waals surface area contributed by atoms with Gasteiger partial charge >= 0.3 is 0 Å². The van der Waals surface area contributed by atoms with Crippen LogP contribution in [-0.2, 0) is 14.3 Å². The fourth-order valence-corrected chi connectivity index (χ4v) is 3.29. The monoisotopic (exact) mass is 332 g/mol. The third kappa shape index (κ3) is 4.82. The molecule has 1 unspecified atom stereocenters. The average molecular weight is 333 g/mol. The van der Waals surface area contributed by atoms with Crippen LogP contribution in [0.25, 0.3) is 0 Å². The van der Waals surface area contributed by atoms with Crippen molar-refractivity contribution in [1.29, 1.82) is 0 Å². The van der Waals surface area contributed by atoms with Gasteiger partial charge in [-0.2, -0.15) is 0 Å². The largest absolute Gasteiger partial charge is 0.381 e. The number of halogens is 1. The normalized spacial score (nSPS) is 25.6. The lowest BCUT2D eigenvalue weighted by Gasteiger charge is -2.36. The Morgan fingerprint density at radius 1 is 1.14 bits per heavy atom. The highest BCUT2D eigenvalue weighted by molar-refractivity contribution is 5.85. The molecule has 0 aromatic heterocycles. The lowest BCUT2D eigenvalue weighted by Crippen LogP contribution is -2.51. The summed E-state index contributed by atoms with van der Waals surface area (Å²) in [6.45, 7) is 3.99. The summed E-state index contributed by atoms with van der Waals surface area (Å²) in [5.41, 5.74) is 6.19. The number of rotatable bonds is 5. The number of carbonyl (C=O) groups excluding carboxylic acids is 1. The van der Waals surface area contributed by atoms with Crippen molar-refractivity contribution in [3.8, 4) is 0 Å². The SMILES string of the molecule is Cl.NC(C(=O)N1CCC(OCC2CC2)CC1)C1CCOCC1. The van der Waals surface area contributed by atoms with E-state index in [-0.39, 0.29) is 30.3 Å². The fraction of sp³-hybridized carbons (Fsp3) is 0.938. The van der Waals surface area contributed by atoms with Crippen LogP contribution in [-0.4, -0.2) is 55.9 Å². The molecule has 1 saturated carbocycles. The van der Waals surface area contributed by atoms with E-state index < -0.39 is 0 Å². The molecule has 2 heterocycles. The summed E-state index contributed by atoms with van der Waals surface area (Å²) >= 11 is 0. The highest BCUT2D eigenvalue weighted by Gasteiger charge is 2.32. The van der Waals surface area contributed by atoms with Gasteiger partial charge in [0.15, 0.2) is 0 Å². The number of carbonyl (C=O) groups is 1. The van der Waals surface area contributed by atoms with Gasteiger partial charge < -0.3 is 20.1 Å². The van der Waals surface area contributed by atoms with E-state index in [2.05, 4.69) is 0 Å². The second-order valence-electron chi connectivity index (χ2n) is 6.78. The van der Waals surface area contributed by atoms with Crippen LogP contribution >= 0.6 is 12.4 Å². The molecule has 3 aliphatic rings. The van der Waals surface area contributed by atoms with Crippen LogP contribution in [0, 0.1) is 11.8 Å². The van der Waals surface area contributed by atoms with Crippen LogP contribution in [0.15, 0.2) is 0 Å². The van der Waals surface area contributed by atoms with Gasteiger partial charge in [-0.15, -0.1) is 12.4 Å². The third-order valence-corrected chi connectivity index (χ3v) is 5.08. The Morgan fingerprint density at radius 2 is 1.77 bits per heavy atom. The zero-order valence-electron chi connectivity index (χ0n) is 13.2. The van der Waals surface area contributed by atoms with Crippen molar-refractivity contribution < 1.29 is 14.3 Å². The van der Waals surface area contributed by atoms with Gasteiger partial charge in [0.1, 0.15) is 0 Å². The van der Waals surface area contributed by atoms with Gasteiger partial charge in [-0.3, -0.25) is 4.79 Å². The molecule has 0 aromatic rings. The molecule has 128 valence electrons. The van der Waals surface area contributed by atoms with E-state index in [1.807, 2.05) is 4.90 Å². The summed E-state index contributed by atoms with van der Waals surface area (Å²) in [5, 5.41) is 0. The summed E-state index contributed by atoms with van der Waals surface area (Å²) in [6.07, 6.45) is 6.74. The van der Waals surface area contributed by atoms with E-state index >= 15 is 0 Å². The van der Waals surface area contributed by atoms with Crippen LogP contribution in [0.5, 0.6) is 0 Å². The van der Waals surface area contributed by atoms with Crippen molar-refractivity contribution in [2.45, 2.75) is 50.7 Å². The Morgan fingerprint density at radius 3 is 2.36 bits per heavy atom. The van der Waals surface area contributed by atoms with E-state index in [1.165, 1.54) is 12.8 Å². The number of nitrogens with zero attached hydrogens (tertiary/aromatic N) is 1. The number of hydrogen-bond acceptors (Lipinski definition) is 4. The second-order valence-corrected chi connectivity index (χ2v) is 6.78. The highest BCUT2D eigenvalue weighted by Crippen LogP contribution is 2.30. The van der Waals surface area contributed by atoms with Crippen LogP contribution in [0.2, 0.25) is 0 Å². The Labute approximate surface area is 139 Å². The molecule has 3 fully saturated rings. The molecule has 0 radical (unpaired) electrons. The van der Waals surface area contributed by atoms with Gasteiger partial charge in [-0.25, -0.2) is 0 Å². The first-order valence-electron chi connectivity index (χ1n) is 8.47. The Bertz CT molecular complexity index is 351. The molecule has 0 spiro atoms. The molecule has 0 aromatic carbocycles. The molecule has 3 rings (SSSR count). The molecule has 0 bridgehead atoms. The average Bonchev–Trinajstić information content (AvgIpc) is 3.37. The first kappa shape index (κ1) is 18.0. The minimum atomic E-state index is -0.349. The standard InChI is InChI=1S/C16H28N2O3.ClH/c17-15(13-5-9-20-10-6-13)16(19)18-7-3-14(4-8-18)21-11-12-1-2-12;/h12-15H,1-11,17H2;1H. The van der Waals surface area contributed by atoms with Crippen molar-refractivity contribution in [2.75, 3.05) is 32.9 Å². The predicted octanol–water partition coefficient (Wildman–Crippen LogP) is 1.58. The molecule has 1 amide bonds. The predicted molar refractivity (Wildman–Crippen MR) is 87.0 cm³/mol. The van der Waals surface area contributed by atoms with Crippen LogP contribution in [0.1, 0.15) is 38.5 Å². The molecule has 5 nitrogen and oxygen atoms in total. The van der Waals surface area contributed by atoms with Crippen LogP contribution < -0.4 is 5.73 Å². The first-order chi connectivity index (χ1) is 10.2. The third-order valence-electron chi connectivity index (χ3n) is 5.08. The van der Waals surface area contributed by atoms with E-state index in [4.69, 9.17) is 15.2 Å². The van der Waals surface area contributed by atoms with Gasteiger partial charge in [0.2, 0.25) is 5.91 Å². The molecule has 2 saturated heterocycles. The Balaban J connectivity index is 0.00000176. The van der Waals surface area contributed by atoms with Crippen molar-refractivity contribution in [2.24, 2.45) is 17.6 Å². The van der Waals surface area contributed by atoms with E-state index in [0.29, 0.717) is 6.10 Å². The summed E-state index contributed by atoms with van der Waals surface area (Å²) < 4.78 is 11.3. The fourth-order valence-electron chi connectivity index (χ4n) is 3.29. The summed E-state index contributed by atoms with van der Waals surface area (Å²) in [5.74, 6) is 1.23. The minimum absolute atomic E-state index is 0. The topological polar surface area (TPSA) is 64.8 Å². The van der Waals surface area contributed by atoms with Gasteiger partial charge in [0.25, 0.3) is 0 Å². The number of piperidine rings is 1. The van der Waals surface area contributed by atoms with Crippen molar-refractivity contribution >= 4 is 18.3 Å². The summed E-state index contributed by atoms with van der Waals surface area (Å²) in [7, 11) is 0. The first-order valence-corrected chi connectivity index (χ1v) is 8.47. The molecule has 2 N–H and O–H groups in total. The molecule has 1 atom stereocenters. The number of ether oxygens (including phenoxy) is 2. The van der Waals surface area contributed by atoms with Gasteiger partial charge in [0, 0.05) is 32.9 Å². The van der Waals surface area contributed by atoms with Crippen molar-refractivity contribution in [3.05, 3.63) is 0 Å². The van der Waals surface area contributed by atoms with Gasteiger partial charge in [-0.05, 0) is 50.4 Å². The second kappa shape index (κ2) is 8.48. The summed E-state index contributed by atoms with van der Waals surface area (Å²) in [4.78, 5) is 14.4.